The van der Waals surface area contributed by atoms with Gasteiger partial charge in [-0.25, -0.2) is 30.9 Å². The van der Waals surface area contributed by atoms with Crippen LogP contribution in [-0.2, 0) is 20.0 Å². The first-order valence-corrected chi connectivity index (χ1v) is 12.5. The molecule has 10 heteroatoms. The largest absolute Gasteiger partial charge is 0.269 e. The summed E-state index contributed by atoms with van der Waals surface area (Å²) in [6, 6.07) is 15.7. The lowest BCUT2D eigenvalue weighted by molar-refractivity contribution is 0.589. The molecule has 154 valence electrons. The SMILES string of the molecule is Cc1ccc(S(=O)(=O)n2c(-c3cccc(S(N)(=O)=O)c3)cc3c(Br)ccnc32)cc1. The van der Waals surface area contributed by atoms with E-state index in [0.717, 1.165) is 9.54 Å². The highest BCUT2D eigenvalue weighted by molar-refractivity contribution is 9.10. The number of nitrogens with two attached hydrogens (primary N) is 1. The van der Waals surface area contributed by atoms with Crippen molar-refractivity contribution < 1.29 is 16.8 Å². The molecule has 0 aliphatic heterocycles. The number of hydrogen-bond acceptors (Lipinski definition) is 5. The van der Waals surface area contributed by atoms with E-state index in [1.807, 2.05) is 6.92 Å². The van der Waals surface area contributed by atoms with Gasteiger partial charge in [0.25, 0.3) is 10.0 Å². The molecule has 4 rings (SSSR count). The highest BCUT2D eigenvalue weighted by Gasteiger charge is 2.26. The minimum absolute atomic E-state index is 0.0937. The molecule has 0 amide bonds. The van der Waals surface area contributed by atoms with Gasteiger partial charge < -0.3 is 0 Å². The van der Waals surface area contributed by atoms with E-state index in [9.17, 15) is 16.8 Å². The van der Waals surface area contributed by atoms with E-state index in [0.29, 0.717) is 15.4 Å². The molecule has 0 radical (unpaired) electrons. The summed E-state index contributed by atoms with van der Waals surface area (Å²) in [6.07, 6.45) is 1.50. The lowest BCUT2D eigenvalue weighted by Crippen LogP contribution is -2.15. The summed E-state index contributed by atoms with van der Waals surface area (Å²) in [5, 5.41) is 5.83. The number of sulfonamides is 1. The molecule has 0 fully saturated rings. The topological polar surface area (TPSA) is 112 Å². The molecule has 0 bridgehead atoms. The molecule has 7 nitrogen and oxygen atoms in total. The molecule has 0 aliphatic carbocycles. The minimum atomic E-state index is -4.03. The second-order valence-electron chi connectivity index (χ2n) is 6.71. The van der Waals surface area contributed by atoms with E-state index >= 15 is 0 Å². The predicted octanol–water partition coefficient (Wildman–Crippen LogP) is 3.66. The highest BCUT2D eigenvalue weighted by Crippen LogP contribution is 2.35. The van der Waals surface area contributed by atoms with Crippen molar-refractivity contribution in [3.63, 3.8) is 0 Å². The van der Waals surface area contributed by atoms with Gasteiger partial charge in [-0.3, -0.25) is 0 Å². The maximum Gasteiger partial charge on any atom is 0.269 e. The number of fused-ring (bicyclic) bond motifs is 1. The molecule has 0 saturated carbocycles. The zero-order chi connectivity index (χ0) is 21.7. The van der Waals surface area contributed by atoms with Crippen molar-refractivity contribution in [1.82, 2.24) is 8.96 Å². The summed E-state index contributed by atoms with van der Waals surface area (Å²) in [7, 11) is -7.99. The van der Waals surface area contributed by atoms with Crippen LogP contribution in [-0.4, -0.2) is 25.8 Å². The fourth-order valence-electron chi connectivity index (χ4n) is 3.14. The first-order valence-electron chi connectivity index (χ1n) is 8.70. The van der Waals surface area contributed by atoms with Crippen molar-refractivity contribution in [2.45, 2.75) is 16.7 Å². The molecule has 0 aliphatic rings. The van der Waals surface area contributed by atoms with Gasteiger partial charge in [0.2, 0.25) is 10.0 Å². The Morgan fingerprint density at radius 1 is 0.933 bits per heavy atom. The van der Waals surface area contributed by atoms with Crippen LogP contribution in [0.5, 0.6) is 0 Å². The second-order valence-corrected chi connectivity index (χ2v) is 10.9. The molecule has 4 aromatic rings. The van der Waals surface area contributed by atoms with E-state index in [4.69, 9.17) is 5.14 Å². The summed E-state index contributed by atoms with van der Waals surface area (Å²) >= 11 is 3.43. The first-order chi connectivity index (χ1) is 14.1. The summed E-state index contributed by atoms with van der Waals surface area (Å²) in [5.41, 5.74) is 1.80. The van der Waals surface area contributed by atoms with Gasteiger partial charge in [-0.05, 0) is 59.3 Å². The number of benzene rings is 2. The summed E-state index contributed by atoms with van der Waals surface area (Å²) in [5.74, 6) is 0. The Morgan fingerprint density at radius 3 is 2.30 bits per heavy atom. The van der Waals surface area contributed by atoms with Crippen LogP contribution >= 0.6 is 15.9 Å². The van der Waals surface area contributed by atoms with Gasteiger partial charge in [0, 0.05) is 21.6 Å². The molecule has 0 saturated heterocycles. The summed E-state index contributed by atoms with van der Waals surface area (Å²) in [4.78, 5) is 4.26. The number of nitrogens with zero attached hydrogens (tertiary/aromatic N) is 2. The Kier molecular flexibility index (Phi) is 5.05. The maximum absolute atomic E-state index is 13.6. The van der Waals surface area contributed by atoms with Crippen LogP contribution in [0.2, 0.25) is 0 Å². The van der Waals surface area contributed by atoms with Crippen LogP contribution in [0.25, 0.3) is 22.3 Å². The standard InChI is InChI=1S/C20H16BrN3O4S2/c1-13-5-7-15(8-6-13)30(27,28)24-19(12-17-18(21)9-10-23-20(17)24)14-3-2-4-16(11-14)29(22,25)26/h2-12H,1H3,(H2,22,25,26). The van der Waals surface area contributed by atoms with Crippen molar-refractivity contribution in [2.75, 3.05) is 0 Å². The zero-order valence-corrected chi connectivity index (χ0v) is 18.9. The Morgan fingerprint density at radius 2 is 1.63 bits per heavy atom. The van der Waals surface area contributed by atoms with Gasteiger partial charge >= 0.3 is 0 Å². The zero-order valence-electron chi connectivity index (χ0n) is 15.7. The monoisotopic (exact) mass is 505 g/mol. The molecule has 2 aromatic carbocycles. The van der Waals surface area contributed by atoms with E-state index in [1.165, 1.54) is 36.5 Å². The van der Waals surface area contributed by atoms with Gasteiger partial charge in [0.1, 0.15) is 0 Å². The van der Waals surface area contributed by atoms with E-state index < -0.39 is 20.0 Å². The summed E-state index contributed by atoms with van der Waals surface area (Å²) < 4.78 is 52.6. The number of aromatic nitrogens is 2. The molecular weight excluding hydrogens is 490 g/mol. The first kappa shape index (κ1) is 20.7. The molecule has 2 aromatic heterocycles. The maximum atomic E-state index is 13.6. The van der Waals surface area contributed by atoms with Crippen LogP contribution < -0.4 is 5.14 Å². The number of rotatable bonds is 4. The Bertz CT molecular complexity index is 1490. The number of halogens is 1. The fourth-order valence-corrected chi connectivity index (χ4v) is 5.59. The third-order valence-corrected chi connectivity index (χ3v) is 7.95. The third-order valence-electron chi connectivity index (χ3n) is 4.63. The molecule has 0 atom stereocenters. The Hall–Kier alpha value is -2.53. The Labute approximate surface area is 182 Å². The average Bonchev–Trinajstić information content (AvgIpc) is 3.10. The molecule has 30 heavy (non-hydrogen) atoms. The van der Waals surface area contributed by atoms with Gasteiger partial charge in [0.05, 0.1) is 15.5 Å². The van der Waals surface area contributed by atoms with Crippen LogP contribution in [0.4, 0.5) is 0 Å². The van der Waals surface area contributed by atoms with Gasteiger partial charge in [0.15, 0.2) is 5.65 Å². The van der Waals surface area contributed by atoms with Crippen LogP contribution in [0, 0.1) is 6.92 Å². The van der Waals surface area contributed by atoms with E-state index in [2.05, 4.69) is 20.9 Å². The molecule has 2 heterocycles. The summed E-state index contributed by atoms with van der Waals surface area (Å²) in [6.45, 7) is 1.87. The highest BCUT2D eigenvalue weighted by atomic mass is 79.9. The number of primary sulfonamides is 1. The normalized spacial score (nSPS) is 12.4. The Balaban J connectivity index is 2.07. The smallest absolute Gasteiger partial charge is 0.237 e. The van der Waals surface area contributed by atoms with Crippen molar-refractivity contribution in [2.24, 2.45) is 5.14 Å². The third kappa shape index (κ3) is 3.56. The van der Waals surface area contributed by atoms with Crippen molar-refractivity contribution in [3.05, 3.63) is 76.9 Å². The van der Waals surface area contributed by atoms with E-state index in [1.54, 1.807) is 30.3 Å². The van der Waals surface area contributed by atoms with Crippen LogP contribution in [0.15, 0.2) is 81.1 Å². The molecule has 2 N–H and O–H groups in total. The molecular formula is C20H16BrN3O4S2. The van der Waals surface area contributed by atoms with Crippen LogP contribution in [0.1, 0.15) is 5.56 Å². The second kappa shape index (κ2) is 7.31. The van der Waals surface area contributed by atoms with Gasteiger partial charge in [-0.1, -0.05) is 29.8 Å². The van der Waals surface area contributed by atoms with Gasteiger partial charge in [-0.15, -0.1) is 0 Å². The van der Waals surface area contributed by atoms with Crippen molar-refractivity contribution >= 4 is 47.0 Å². The number of hydrogen-bond donors (Lipinski definition) is 1. The quantitative estimate of drug-likeness (QED) is 0.454. The minimum Gasteiger partial charge on any atom is -0.237 e. The fraction of sp³-hybridized carbons (Fsp3) is 0.0500. The van der Waals surface area contributed by atoms with Crippen molar-refractivity contribution in [3.8, 4) is 11.3 Å². The predicted molar refractivity (Wildman–Crippen MR) is 118 cm³/mol. The average molecular weight is 506 g/mol. The molecule has 0 spiro atoms. The molecule has 0 unspecified atom stereocenters. The number of aryl methyl sites for hydroxylation is 1. The van der Waals surface area contributed by atoms with E-state index in [-0.39, 0.29) is 21.1 Å². The van der Waals surface area contributed by atoms with Crippen molar-refractivity contribution in [1.29, 1.82) is 0 Å². The number of pyridine rings is 1. The lowest BCUT2D eigenvalue weighted by atomic mass is 10.1. The van der Waals surface area contributed by atoms with Crippen LogP contribution in [0.3, 0.4) is 0 Å². The lowest BCUT2D eigenvalue weighted by Gasteiger charge is -2.12. The van der Waals surface area contributed by atoms with Gasteiger partial charge in [-0.2, -0.15) is 0 Å².